The molecule has 0 radical (unpaired) electrons. The van der Waals surface area contributed by atoms with Crippen LogP contribution >= 0.6 is 11.3 Å². The summed E-state index contributed by atoms with van der Waals surface area (Å²) in [5.74, 6) is 1.39. The average molecular weight is 375 g/mol. The smallest absolute Gasteiger partial charge is 0.191 e. The molecule has 0 aliphatic rings. The number of rotatable bonds is 9. The number of guanidine groups is 1. The van der Waals surface area contributed by atoms with Gasteiger partial charge in [0.15, 0.2) is 5.96 Å². The summed E-state index contributed by atoms with van der Waals surface area (Å²) in [5.41, 5.74) is 2.23. The third kappa shape index (κ3) is 6.77. The zero-order valence-electron chi connectivity index (χ0n) is 16.2. The van der Waals surface area contributed by atoms with Gasteiger partial charge >= 0.3 is 0 Å². The van der Waals surface area contributed by atoms with Crippen molar-refractivity contribution in [2.75, 3.05) is 26.8 Å². The van der Waals surface area contributed by atoms with Gasteiger partial charge in [0, 0.05) is 37.2 Å². The number of nitrogens with one attached hydrogen (secondary N) is 2. The van der Waals surface area contributed by atoms with Crippen LogP contribution in [0.3, 0.4) is 0 Å². The molecule has 26 heavy (non-hydrogen) atoms. The molecule has 2 rings (SSSR count). The predicted octanol–water partition coefficient (Wildman–Crippen LogP) is 3.85. The Kier molecular flexibility index (Phi) is 8.58. The van der Waals surface area contributed by atoms with Crippen LogP contribution in [0, 0.1) is 12.8 Å². The second-order valence-electron chi connectivity index (χ2n) is 6.57. The van der Waals surface area contributed by atoms with Crippen molar-refractivity contribution in [3.05, 3.63) is 40.9 Å². The number of aromatic nitrogens is 1. The number of hydrogen-bond acceptors (Lipinski definition) is 4. The molecule has 0 aliphatic carbocycles. The number of nitrogens with zero attached hydrogens (tertiary/aromatic N) is 2. The molecular weight excluding hydrogens is 344 g/mol. The molecule has 1 heterocycles. The van der Waals surface area contributed by atoms with Gasteiger partial charge in [-0.2, -0.15) is 0 Å². The van der Waals surface area contributed by atoms with Crippen molar-refractivity contribution in [3.63, 3.8) is 0 Å². The molecule has 1 aromatic heterocycles. The van der Waals surface area contributed by atoms with Gasteiger partial charge in [-0.15, -0.1) is 11.3 Å². The lowest BCUT2D eigenvalue weighted by atomic mass is 10.2. The second-order valence-corrected chi connectivity index (χ2v) is 7.65. The van der Waals surface area contributed by atoms with Crippen LogP contribution in [-0.2, 0) is 11.3 Å². The van der Waals surface area contributed by atoms with Gasteiger partial charge < -0.3 is 15.4 Å². The van der Waals surface area contributed by atoms with E-state index in [1.54, 1.807) is 18.4 Å². The zero-order chi connectivity index (χ0) is 18.8. The van der Waals surface area contributed by atoms with Crippen LogP contribution in [0.5, 0.6) is 0 Å². The molecule has 2 aromatic rings. The Morgan fingerprint density at radius 3 is 2.69 bits per heavy atom. The van der Waals surface area contributed by atoms with Gasteiger partial charge in [-0.05, 0) is 19.3 Å². The summed E-state index contributed by atoms with van der Waals surface area (Å²) in [7, 11) is 1.79. The molecule has 2 N–H and O–H groups in total. The maximum Gasteiger partial charge on any atom is 0.191 e. The standard InChI is InChI=1S/C20H30N4OS/c1-15(2)14-25-12-8-11-22-20(21-4)23-13-18-16(3)24-19(26-18)17-9-6-5-7-10-17/h5-7,9-10,15H,8,11-14H2,1-4H3,(H2,21,22,23). The zero-order valence-corrected chi connectivity index (χ0v) is 17.0. The van der Waals surface area contributed by atoms with Crippen LogP contribution in [0.4, 0.5) is 0 Å². The molecule has 6 heteroatoms. The molecule has 1 aromatic carbocycles. The van der Waals surface area contributed by atoms with Crippen molar-refractivity contribution >= 4 is 17.3 Å². The van der Waals surface area contributed by atoms with Crippen LogP contribution in [0.25, 0.3) is 10.6 Å². The number of ether oxygens (including phenoxy) is 1. The first-order chi connectivity index (χ1) is 12.6. The first kappa shape index (κ1) is 20.4. The Balaban J connectivity index is 1.77. The first-order valence-electron chi connectivity index (χ1n) is 9.14. The normalized spacial score (nSPS) is 11.8. The molecule has 5 nitrogen and oxygen atoms in total. The van der Waals surface area contributed by atoms with Crippen LogP contribution in [0.2, 0.25) is 0 Å². The Hall–Kier alpha value is -1.92. The predicted molar refractivity (Wildman–Crippen MR) is 111 cm³/mol. The van der Waals surface area contributed by atoms with Crippen molar-refractivity contribution < 1.29 is 4.74 Å². The van der Waals surface area contributed by atoms with Gasteiger partial charge in [0.25, 0.3) is 0 Å². The third-order valence-corrected chi connectivity index (χ3v) is 4.97. The van der Waals surface area contributed by atoms with Crippen molar-refractivity contribution in [3.8, 4) is 10.6 Å². The Bertz CT molecular complexity index is 682. The second kappa shape index (κ2) is 10.9. The molecule has 0 bridgehead atoms. The molecule has 0 atom stereocenters. The van der Waals surface area contributed by atoms with Crippen molar-refractivity contribution in [1.29, 1.82) is 0 Å². The highest BCUT2D eigenvalue weighted by molar-refractivity contribution is 7.15. The summed E-state index contributed by atoms with van der Waals surface area (Å²) in [5, 5.41) is 7.76. The highest BCUT2D eigenvalue weighted by atomic mass is 32.1. The summed E-state index contributed by atoms with van der Waals surface area (Å²) in [6.07, 6.45) is 0.963. The Morgan fingerprint density at radius 2 is 2.00 bits per heavy atom. The highest BCUT2D eigenvalue weighted by Crippen LogP contribution is 2.27. The number of hydrogen-bond donors (Lipinski definition) is 2. The largest absolute Gasteiger partial charge is 0.381 e. The van der Waals surface area contributed by atoms with E-state index < -0.39 is 0 Å². The molecule has 0 saturated heterocycles. The van der Waals surface area contributed by atoms with Gasteiger partial charge in [0.05, 0.1) is 12.2 Å². The minimum atomic E-state index is 0.584. The molecule has 142 valence electrons. The third-order valence-electron chi connectivity index (χ3n) is 3.76. The summed E-state index contributed by atoms with van der Waals surface area (Å²) in [6.45, 7) is 9.54. The van der Waals surface area contributed by atoms with Gasteiger partial charge in [0.2, 0.25) is 0 Å². The number of aryl methyl sites for hydroxylation is 1. The number of aliphatic imine (C=N–C) groups is 1. The van der Waals surface area contributed by atoms with Gasteiger partial charge in [-0.3, -0.25) is 4.99 Å². The fraction of sp³-hybridized carbons (Fsp3) is 0.500. The fourth-order valence-corrected chi connectivity index (χ4v) is 3.39. The Morgan fingerprint density at radius 1 is 1.23 bits per heavy atom. The van der Waals surface area contributed by atoms with Crippen molar-refractivity contribution in [2.45, 2.75) is 33.7 Å². The number of benzene rings is 1. The van der Waals surface area contributed by atoms with Crippen LogP contribution < -0.4 is 10.6 Å². The maximum atomic E-state index is 5.59. The lowest BCUT2D eigenvalue weighted by Crippen LogP contribution is -2.37. The van der Waals surface area contributed by atoms with E-state index in [-0.39, 0.29) is 0 Å². The van der Waals surface area contributed by atoms with E-state index in [1.807, 2.05) is 18.2 Å². The minimum absolute atomic E-state index is 0.584. The molecule has 0 spiro atoms. The van der Waals surface area contributed by atoms with E-state index in [0.717, 1.165) is 54.9 Å². The lowest BCUT2D eigenvalue weighted by Gasteiger charge is -2.12. The van der Waals surface area contributed by atoms with Gasteiger partial charge in [-0.25, -0.2) is 4.98 Å². The average Bonchev–Trinajstić information content (AvgIpc) is 3.02. The van der Waals surface area contributed by atoms with E-state index in [9.17, 15) is 0 Å². The molecule has 0 amide bonds. The van der Waals surface area contributed by atoms with Gasteiger partial charge in [0.1, 0.15) is 5.01 Å². The van der Waals surface area contributed by atoms with E-state index >= 15 is 0 Å². The van der Waals surface area contributed by atoms with Crippen molar-refractivity contribution in [1.82, 2.24) is 15.6 Å². The topological polar surface area (TPSA) is 58.5 Å². The van der Waals surface area contributed by atoms with E-state index in [0.29, 0.717) is 5.92 Å². The fourth-order valence-electron chi connectivity index (χ4n) is 2.38. The summed E-state index contributed by atoms with van der Waals surface area (Å²) in [4.78, 5) is 10.2. The monoisotopic (exact) mass is 374 g/mol. The molecular formula is C20H30N4OS. The summed E-state index contributed by atoms with van der Waals surface area (Å²) >= 11 is 1.73. The minimum Gasteiger partial charge on any atom is -0.381 e. The van der Waals surface area contributed by atoms with Crippen LogP contribution in [0.1, 0.15) is 30.8 Å². The van der Waals surface area contributed by atoms with E-state index in [4.69, 9.17) is 9.72 Å². The lowest BCUT2D eigenvalue weighted by molar-refractivity contribution is 0.108. The van der Waals surface area contributed by atoms with Crippen LogP contribution in [0.15, 0.2) is 35.3 Å². The van der Waals surface area contributed by atoms with Crippen LogP contribution in [-0.4, -0.2) is 37.7 Å². The quantitative estimate of drug-likeness (QED) is 0.398. The van der Waals surface area contributed by atoms with E-state index in [2.05, 4.69) is 48.5 Å². The maximum absolute atomic E-state index is 5.59. The highest BCUT2D eigenvalue weighted by Gasteiger charge is 2.09. The Labute approximate surface area is 160 Å². The molecule has 0 unspecified atom stereocenters. The molecule has 0 aliphatic heterocycles. The van der Waals surface area contributed by atoms with E-state index in [1.165, 1.54) is 4.88 Å². The van der Waals surface area contributed by atoms with Crippen molar-refractivity contribution in [2.24, 2.45) is 10.9 Å². The SMILES string of the molecule is CN=C(NCCCOCC(C)C)NCc1sc(-c2ccccc2)nc1C. The van der Waals surface area contributed by atoms with Gasteiger partial charge in [-0.1, -0.05) is 44.2 Å². The molecule has 0 saturated carbocycles. The summed E-state index contributed by atoms with van der Waals surface area (Å²) in [6, 6.07) is 10.3. The summed E-state index contributed by atoms with van der Waals surface area (Å²) < 4.78 is 5.59. The first-order valence-corrected chi connectivity index (χ1v) is 9.95. The number of thiazole rings is 1. The molecule has 0 fully saturated rings.